The van der Waals surface area contributed by atoms with E-state index in [2.05, 4.69) is 5.32 Å². The van der Waals surface area contributed by atoms with Crippen LogP contribution in [0.5, 0.6) is 5.75 Å². The molecule has 1 rings (SSSR count). The molecule has 0 aliphatic heterocycles. The van der Waals surface area contributed by atoms with E-state index < -0.39 is 6.10 Å². The third-order valence-electron chi connectivity index (χ3n) is 2.36. The van der Waals surface area contributed by atoms with Gasteiger partial charge in [0.2, 0.25) is 0 Å². The van der Waals surface area contributed by atoms with E-state index in [4.69, 9.17) is 16.3 Å². The Kier molecular flexibility index (Phi) is 5.29. The lowest BCUT2D eigenvalue weighted by Crippen LogP contribution is -2.36. The average Bonchev–Trinajstić information content (AvgIpc) is 2.30. The van der Waals surface area contributed by atoms with Crippen molar-refractivity contribution in [2.75, 3.05) is 6.54 Å². The van der Waals surface area contributed by atoms with Crippen LogP contribution in [0.15, 0.2) is 18.2 Å². The summed E-state index contributed by atoms with van der Waals surface area (Å²) in [6.45, 7) is 6.31. The zero-order valence-corrected chi connectivity index (χ0v) is 11.2. The fraction of sp³-hybridized carbons (Fsp3) is 0.462. The van der Waals surface area contributed by atoms with Gasteiger partial charge in [0, 0.05) is 11.6 Å². The van der Waals surface area contributed by atoms with Crippen LogP contribution in [0.4, 0.5) is 0 Å². The van der Waals surface area contributed by atoms with Gasteiger partial charge in [-0.15, -0.1) is 0 Å². The molecule has 1 aromatic rings. The summed E-state index contributed by atoms with van der Waals surface area (Å²) in [7, 11) is 0. The minimum atomic E-state index is -0.498. The Balaban J connectivity index is 2.58. The van der Waals surface area contributed by atoms with Gasteiger partial charge >= 0.3 is 0 Å². The molecule has 0 bridgehead atoms. The van der Waals surface area contributed by atoms with Gasteiger partial charge in [-0.25, -0.2) is 0 Å². The van der Waals surface area contributed by atoms with Gasteiger partial charge in [-0.2, -0.15) is 0 Å². The molecule has 1 aromatic carbocycles. The molecule has 4 heteroatoms. The molecule has 0 heterocycles. The first-order valence-electron chi connectivity index (χ1n) is 5.75. The molecule has 0 saturated carbocycles. The molecule has 0 radical (unpaired) electrons. The van der Waals surface area contributed by atoms with Gasteiger partial charge in [-0.1, -0.05) is 18.5 Å². The number of carbonyl (C=O) groups excluding carboxylic acids is 1. The molecule has 0 aliphatic carbocycles. The molecule has 1 amide bonds. The Hall–Kier alpha value is -1.22. The van der Waals surface area contributed by atoms with Crippen LogP contribution < -0.4 is 10.1 Å². The van der Waals surface area contributed by atoms with Crippen molar-refractivity contribution < 1.29 is 9.53 Å². The molecule has 1 N–H and O–H groups in total. The molecule has 0 aliphatic rings. The number of carbonyl (C=O) groups is 1. The molecular formula is C13H18ClNO2. The summed E-state index contributed by atoms with van der Waals surface area (Å²) < 4.78 is 5.54. The lowest BCUT2D eigenvalue weighted by atomic mass is 10.2. The summed E-state index contributed by atoms with van der Waals surface area (Å²) >= 11 is 5.91. The van der Waals surface area contributed by atoms with E-state index in [1.54, 1.807) is 19.1 Å². The van der Waals surface area contributed by atoms with Crippen LogP contribution in [0.25, 0.3) is 0 Å². The minimum Gasteiger partial charge on any atom is -0.481 e. The van der Waals surface area contributed by atoms with Gasteiger partial charge in [0.15, 0.2) is 6.10 Å². The normalized spacial score (nSPS) is 12.0. The first-order chi connectivity index (χ1) is 8.04. The zero-order valence-electron chi connectivity index (χ0n) is 10.4. The average molecular weight is 256 g/mol. The Morgan fingerprint density at radius 3 is 2.82 bits per heavy atom. The van der Waals surface area contributed by atoms with Gasteiger partial charge in [0.05, 0.1) is 0 Å². The maximum atomic E-state index is 11.6. The van der Waals surface area contributed by atoms with Gasteiger partial charge < -0.3 is 10.1 Å². The third kappa shape index (κ3) is 4.27. The molecule has 3 nitrogen and oxygen atoms in total. The highest BCUT2D eigenvalue weighted by atomic mass is 35.5. The van der Waals surface area contributed by atoms with Crippen LogP contribution in [0.3, 0.4) is 0 Å². The molecule has 94 valence electrons. The summed E-state index contributed by atoms with van der Waals surface area (Å²) in [5.74, 6) is 0.561. The second-order valence-electron chi connectivity index (χ2n) is 3.96. The number of ether oxygens (including phenoxy) is 1. The van der Waals surface area contributed by atoms with E-state index in [9.17, 15) is 4.79 Å². The summed E-state index contributed by atoms with van der Waals surface area (Å²) in [6, 6.07) is 5.35. The summed E-state index contributed by atoms with van der Waals surface area (Å²) in [5, 5.41) is 3.48. The van der Waals surface area contributed by atoms with Crippen molar-refractivity contribution >= 4 is 17.5 Å². The highest BCUT2D eigenvalue weighted by Crippen LogP contribution is 2.21. The summed E-state index contributed by atoms with van der Waals surface area (Å²) in [5.41, 5.74) is 0.935. The maximum Gasteiger partial charge on any atom is 0.260 e. The van der Waals surface area contributed by atoms with Gasteiger partial charge in [-0.3, -0.25) is 4.79 Å². The van der Waals surface area contributed by atoms with Crippen molar-refractivity contribution in [3.05, 3.63) is 28.8 Å². The molecule has 1 unspecified atom stereocenters. The number of nitrogens with one attached hydrogen (secondary N) is 1. The van der Waals surface area contributed by atoms with Crippen LogP contribution in [0.2, 0.25) is 5.02 Å². The highest BCUT2D eigenvalue weighted by Gasteiger charge is 2.13. The first kappa shape index (κ1) is 13.8. The smallest absolute Gasteiger partial charge is 0.260 e. The monoisotopic (exact) mass is 255 g/mol. The Labute approximate surface area is 107 Å². The van der Waals surface area contributed by atoms with Crippen LogP contribution in [0.1, 0.15) is 25.8 Å². The van der Waals surface area contributed by atoms with Crippen LogP contribution in [-0.2, 0) is 4.79 Å². The summed E-state index contributed by atoms with van der Waals surface area (Å²) in [4.78, 5) is 11.6. The van der Waals surface area contributed by atoms with Gasteiger partial charge in [-0.05, 0) is 44.0 Å². The summed E-state index contributed by atoms with van der Waals surface area (Å²) in [6.07, 6.45) is 0.417. The Bertz CT molecular complexity index is 393. The molecule has 0 fully saturated rings. The third-order valence-corrected chi connectivity index (χ3v) is 2.78. The fourth-order valence-electron chi connectivity index (χ4n) is 1.34. The van der Waals surface area contributed by atoms with Gasteiger partial charge in [0.25, 0.3) is 5.91 Å². The number of aryl methyl sites for hydroxylation is 1. The number of benzene rings is 1. The first-order valence-corrected chi connectivity index (χ1v) is 6.13. The number of amides is 1. The number of hydrogen-bond acceptors (Lipinski definition) is 2. The lowest BCUT2D eigenvalue weighted by molar-refractivity contribution is -0.127. The molecular weight excluding hydrogens is 238 g/mol. The van der Waals surface area contributed by atoms with Crippen molar-refractivity contribution in [3.8, 4) is 5.75 Å². The topological polar surface area (TPSA) is 38.3 Å². The minimum absolute atomic E-state index is 0.0977. The highest BCUT2D eigenvalue weighted by molar-refractivity contribution is 6.31. The van der Waals surface area contributed by atoms with E-state index in [1.807, 2.05) is 19.9 Å². The van der Waals surface area contributed by atoms with E-state index >= 15 is 0 Å². The van der Waals surface area contributed by atoms with E-state index in [1.165, 1.54) is 0 Å². The molecule has 1 atom stereocenters. The van der Waals surface area contributed by atoms with Crippen molar-refractivity contribution in [1.29, 1.82) is 0 Å². The predicted molar refractivity (Wildman–Crippen MR) is 69.6 cm³/mol. The Morgan fingerprint density at radius 2 is 2.24 bits per heavy atom. The van der Waals surface area contributed by atoms with Crippen molar-refractivity contribution in [2.45, 2.75) is 33.3 Å². The van der Waals surface area contributed by atoms with Crippen LogP contribution in [-0.4, -0.2) is 18.6 Å². The second-order valence-corrected chi connectivity index (χ2v) is 4.37. The number of rotatable bonds is 5. The lowest BCUT2D eigenvalue weighted by Gasteiger charge is -2.15. The van der Waals surface area contributed by atoms with Crippen LogP contribution >= 0.6 is 11.6 Å². The fourth-order valence-corrected chi connectivity index (χ4v) is 1.46. The van der Waals surface area contributed by atoms with Crippen molar-refractivity contribution in [3.63, 3.8) is 0 Å². The van der Waals surface area contributed by atoms with E-state index in [0.717, 1.165) is 12.0 Å². The molecule has 0 spiro atoms. The van der Waals surface area contributed by atoms with Crippen molar-refractivity contribution in [1.82, 2.24) is 5.32 Å². The number of halogens is 1. The largest absolute Gasteiger partial charge is 0.481 e. The quantitative estimate of drug-likeness (QED) is 0.879. The molecule has 0 aromatic heterocycles. The van der Waals surface area contributed by atoms with E-state index in [-0.39, 0.29) is 5.91 Å². The SMILES string of the molecule is CCCNC(=O)C(C)Oc1ccc(Cl)c(C)c1. The molecule has 17 heavy (non-hydrogen) atoms. The Morgan fingerprint density at radius 1 is 1.53 bits per heavy atom. The maximum absolute atomic E-state index is 11.6. The molecule has 0 saturated heterocycles. The van der Waals surface area contributed by atoms with Gasteiger partial charge in [0.1, 0.15) is 5.75 Å². The number of hydrogen-bond donors (Lipinski definition) is 1. The second kappa shape index (κ2) is 6.50. The van der Waals surface area contributed by atoms with Crippen molar-refractivity contribution in [2.24, 2.45) is 0 Å². The van der Waals surface area contributed by atoms with Crippen LogP contribution in [0, 0.1) is 6.92 Å². The standard InChI is InChI=1S/C13H18ClNO2/c1-4-7-15-13(16)10(3)17-11-5-6-12(14)9(2)8-11/h5-6,8,10H,4,7H2,1-3H3,(H,15,16). The zero-order chi connectivity index (χ0) is 12.8. The predicted octanol–water partition coefficient (Wildman–Crippen LogP) is 2.94. The van der Waals surface area contributed by atoms with E-state index in [0.29, 0.717) is 17.3 Å².